The Bertz CT molecular complexity index is 347. The van der Waals surface area contributed by atoms with Crippen molar-refractivity contribution in [2.75, 3.05) is 78.5 Å². The average Bonchev–Trinajstić information content (AvgIpc) is 2.68. The highest BCUT2D eigenvalue weighted by Crippen LogP contribution is 1.98. The summed E-state index contributed by atoms with van der Waals surface area (Å²) in [5.41, 5.74) is 10.8. The van der Waals surface area contributed by atoms with Crippen LogP contribution in [-0.4, -0.2) is 110 Å². The van der Waals surface area contributed by atoms with Crippen LogP contribution in [-0.2, 0) is 9.59 Å². The Labute approximate surface area is 168 Å². The summed E-state index contributed by atoms with van der Waals surface area (Å²) in [4.78, 5) is 24.6. The van der Waals surface area contributed by atoms with Crippen molar-refractivity contribution in [1.29, 1.82) is 0 Å². The molecule has 0 spiro atoms. The van der Waals surface area contributed by atoms with Gasteiger partial charge in [0.25, 0.3) is 0 Å². The van der Waals surface area contributed by atoms with E-state index in [1.165, 1.54) is 0 Å². The SMILES string of the molecule is NCCN1CCNCC1.NCCN1CCNCC1.O=C(O)CCCCC(=O)O. The summed E-state index contributed by atoms with van der Waals surface area (Å²) in [6.07, 6.45) is 1.02. The predicted molar refractivity (Wildman–Crippen MR) is 110 cm³/mol. The van der Waals surface area contributed by atoms with Crippen LogP contribution in [0.4, 0.5) is 0 Å². The molecule has 0 amide bonds. The van der Waals surface area contributed by atoms with E-state index < -0.39 is 11.9 Å². The van der Waals surface area contributed by atoms with Crippen LogP contribution in [0.2, 0.25) is 0 Å². The molecular formula is C18H40N6O4. The second-order valence-electron chi connectivity index (χ2n) is 6.76. The van der Waals surface area contributed by atoms with Crippen LogP contribution in [0.5, 0.6) is 0 Å². The van der Waals surface area contributed by atoms with Gasteiger partial charge in [-0.1, -0.05) is 0 Å². The molecule has 0 aromatic heterocycles. The molecule has 2 fully saturated rings. The van der Waals surface area contributed by atoms with Crippen LogP contribution in [0.3, 0.4) is 0 Å². The number of hydrogen-bond acceptors (Lipinski definition) is 8. The minimum Gasteiger partial charge on any atom is -0.481 e. The van der Waals surface area contributed by atoms with E-state index in [-0.39, 0.29) is 12.8 Å². The minimum atomic E-state index is -0.870. The number of aliphatic carboxylic acids is 2. The first kappa shape index (κ1) is 26.7. The summed E-state index contributed by atoms with van der Waals surface area (Å²) in [5, 5.41) is 22.8. The zero-order valence-electron chi connectivity index (χ0n) is 17.1. The molecule has 2 rings (SSSR count). The van der Waals surface area contributed by atoms with Gasteiger partial charge in [-0.2, -0.15) is 0 Å². The summed E-state index contributed by atoms with van der Waals surface area (Å²) in [5.74, 6) is -1.74. The van der Waals surface area contributed by atoms with Crippen molar-refractivity contribution in [3.8, 4) is 0 Å². The van der Waals surface area contributed by atoms with Crippen LogP contribution >= 0.6 is 0 Å². The number of carboxylic acids is 2. The summed E-state index contributed by atoms with van der Waals surface area (Å²) in [6, 6.07) is 0. The number of nitrogens with zero attached hydrogens (tertiary/aromatic N) is 2. The summed E-state index contributed by atoms with van der Waals surface area (Å²) < 4.78 is 0. The molecule has 0 saturated carbocycles. The number of unbranched alkanes of at least 4 members (excludes halogenated alkanes) is 1. The van der Waals surface area contributed by atoms with Crippen molar-refractivity contribution in [1.82, 2.24) is 20.4 Å². The molecule has 0 radical (unpaired) electrons. The van der Waals surface area contributed by atoms with Gasteiger partial charge in [0.1, 0.15) is 0 Å². The lowest BCUT2D eigenvalue weighted by Crippen LogP contribution is -2.45. The fourth-order valence-corrected chi connectivity index (χ4v) is 2.79. The third-order valence-corrected chi connectivity index (χ3v) is 4.34. The summed E-state index contributed by atoms with van der Waals surface area (Å²) in [7, 11) is 0. The summed E-state index contributed by atoms with van der Waals surface area (Å²) in [6.45, 7) is 12.9. The maximum absolute atomic E-state index is 9.90. The lowest BCUT2D eigenvalue weighted by atomic mass is 10.2. The average molecular weight is 405 g/mol. The maximum atomic E-state index is 9.90. The number of piperazine rings is 2. The van der Waals surface area contributed by atoms with E-state index in [0.717, 1.165) is 78.5 Å². The van der Waals surface area contributed by atoms with Gasteiger partial charge >= 0.3 is 11.9 Å². The number of nitrogens with two attached hydrogens (primary N) is 2. The van der Waals surface area contributed by atoms with Gasteiger partial charge in [-0.3, -0.25) is 19.4 Å². The zero-order chi connectivity index (χ0) is 21.0. The maximum Gasteiger partial charge on any atom is 0.303 e. The molecule has 0 aromatic carbocycles. The molecule has 2 aliphatic heterocycles. The monoisotopic (exact) mass is 404 g/mol. The number of nitrogens with one attached hydrogen (secondary N) is 2. The number of rotatable bonds is 9. The van der Waals surface area contributed by atoms with E-state index in [2.05, 4.69) is 20.4 Å². The lowest BCUT2D eigenvalue weighted by molar-refractivity contribution is -0.139. The van der Waals surface area contributed by atoms with Gasteiger partial charge in [-0.15, -0.1) is 0 Å². The second-order valence-corrected chi connectivity index (χ2v) is 6.76. The molecule has 166 valence electrons. The molecule has 0 bridgehead atoms. The standard InChI is InChI=1S/2C6H15N3.C6H10O4/c2*7-1-4-9-5-2-8-3-6-9;7-5(8)3-1-2-4-6(9)10/h2*8H,1-7H2;1-4H2,(H,7,8)(H,9,10). The fraction of sp³-hybridized carbons (Fsp3) is 0.889. The fourth-order valence-electron chi connectivity index (χ4n) is 2.79. The van der Waals surface area contributed by atoms with Gasteiger partial charge in [0, 0.05) is 91.4 Å². The smallest absolute Gasteiger partial charge is 0.303 e. The van der Waals surface area contributed by atoms with Crippen molar-refractivity contribution in [3.63, 3.8) is 0 Å². The van der Waals surface area contributed by atoms with Crippen molar-refractivity contribution in [2.45, 2.75) is 25.7 Å². The number of carbonyl (C=O) groups is 2. The molecule has 10 heteroatoms. The third-order valence-electron chi connectivity index (χ3n) is 4.34. The van der Waals surface area contributed by atoms with Crippen molar-refractivity contribution in [2.24, 2.45) is 11.5 Å². The minimum absolute atomic E-state index is 0.0628. The Morgan fingerprint density at radius 2 is 1.04 bits per heavy atom. The molecule has 0 atom stereocenters. The van der Waals surface area contributed by atoms with Crippen LogP contribution in [0.15, 0.2) is 0 Å². The molecule has 8 N–H and O–H groups in total. The largest absolute Gasteiger partial charge is 0.481 e. The van der Waals surface area contributed by atoms with E-state index in [9.17, 15) is 9.59 Å². The van der Waals surface area contributed by atoms with Gasteiger partial charge in [0.05, 0.1) is 0 Å². The first-order valence-corrected chi connectivity index (χ1v) is 10.2. The van der Waals surface area contributed by atoms with Gasteiger partial charge in [-0.25, -0.2) is 0 Å². The van der Waals surface area contributed by atoms with Crippen LogP contribution in [0, 0.1) is 0 Å². The Kier molecular flexibility index (Phi) is 18.2. The molecule has 10 nitrogen and oxygen atoms in total. The molecule has 2 aliphatic rings. The Balaban J connectivity index is 0.000000391. The molecule has 0 aromatic rings. The van der Waals surface area contributed by atoms with Crippen molar-refractivity contribution >= 4 is 11.9 Å². The molecular weight excluding hydrogens is 364 g/mol. The van der Waals surface area contributed by atoms with Crippen LogP contribution < -0.4 is 22.1 Å². The van der Waals surface area contributed by atoms with E-state index in [0.29, 0.717) is 12.8 Å². The Hall–Kier alpha value is -1.30. The van der Waals surface area contributed by atoms with Crippen molar-refractivity contribution in [3.05, 3.63) is 0 Å². The molecule has 2 saturated heterocycles. The molecule has 2 heterocycles. The van der Waals surface area contributed by atoms with E-state index in [1.54, 1.807) is 0 Å². The predicted octanol–water partition coefficient (Wildman–Crippen LogP) is -1.58. The highest BCUT2D eigenvalue weighted by molar-refractivity contribution is 5.67. The normalized spacial score (nSPS) is 17.6. The van der Waals surface area contributed by atoms with Crippen LogP contribution in [0.25, 0.3) is 0 Å². The zero-order valence-corrected chi connectivity index (χ0v) is 17.1. The van der Waals surface area contributed by atoms with Gasteiger partial charge in [0.15, 0.2) is 0 Å². The number of hydrogen-bond donors (Lipinski definition) is 6. The third kappa shape index (κ3) is 18.1. The van der Waals surface area contributed by atoms with Gasteiger partial charge in [0.2, 0.25) is 0 Å². The first-order chi connectivity index (χ1) is 13.5. The Morgan fingerprint density at radius 3 is 1.29 bits per heavy atom. The topological polar surface area (TPSA) is 157 Å². The quantitative estimate of drug-likeness (QED) is 0.248. The molecule has 0 unspecified atom stereocenters. The highest BCUT2D eigenvalue weighted by atomic mass is 16.4. The molecule has 28 heavy (non-hydrogen) atoms. The van der Waals surface area contributed by atoms with Crippen LogP contribution in [0.1, 0.15) is 25.7 Å². The van der Waals surface area contributed by atoms with Crippen molar-refractivity contribution < 1.29 is 19.8 Å². The molecule has 0 aliphatic carbocycles. The lowest BCUT2D eigenvalue weighted by Gasteiger charge is -2.26. The van der Waals surface area contributed by atoms with Gasteiger partial charge in [-0.05, 0) is 12.8 Å². The van der Waals surface area contributed by atoms with E-state index in [4.69, 9.17) is 21.7 Å². The van der Waals surface area contributed by atoms with E-state index in [1.807, 2.05) is 0 Å². The Morgan fingerprint density at radius 1 is 0.714 bits per heavy atom. The second kappa shape index (κ2) is 19.0. The van der Waals surface area contributed by atoms with Gasteiger partial charge < -0.3 is 32.3 Å². The van der Waals surface area contributed by atoms with E-state index >= 15 is 0 Å². The number of carboxylic acid groups (broad SMARTS) is 2. The first-order valence-electron chi connectivity index (χ1n) is 10.2. The summed E-state index contributed by atoms with van der Waals surface area (Å²) >= 11 is 0. The highest BCUT2D eigenvalue weighted by Gasteiger charge is 2.07.